The van der Waals surface area contributed by atoms with Crippen molar-refractivity contribution in [3.63, 3.8) is 0 Å². The Morgan fingerprint density at radius 2 is 2.08 bits per heavy atom. The first-order valence-corrected chi connectivity index (χ1v) is 7.78. The number of para-hydroxylation sites is 1. The number of ether oxygens (including phenoxy) is 2. The molecule has 3 rings (SSSR count). The van der Waals surface area contributed by atoms with Crippen LogP contribution in [-0.4, -0.2) is 29.9 Å². The first-order chi connectivity index (χ1) is 12.1. The summed E-state index contributed by atoms with van der Waals surface area (Å²) >= 11 is 5.70. The molecular weight excluding hydrogens is 346 g/mol. The topological polar surface area (TPSA) is 78.5 Å². The molecule has 130 valence electrons. The van der Waals surface area contributed by atoms with Crippen LogP contribution < -0.4 is 14.8 Å². The minimum atomic E-state index is -0.411. The van der Waals surface area contributed by atoms with Crippen LogP contribution in [-0.2, 0) is 6.54 Å². The number of hydrogen-bond acceptors (Lipinski definition) is 5. The average molecular weight is 362 g/mol. The third-order valence-electron chi connectivity index (χ3n) is 3.56. The zero-order chi connectivity index (χ0) is 17.8. The molecule has 0 saturated heterocycles. The van der Waals surface area contributed by atoms with Crippen LogP contribution in [0.25, 0.3) is 0 Å². The van der Waals surface area contributed by atoms with Crippen LogP contribution in [0.1, 0.15) is 16.1 Å². The van der Waals surface area contributed by atoms with E-state index in [9.17, 15) is 4.79 Å². The van der Waals surface area contributed by atoms with E-state index in [0.717, 1.165) is 5.56 Å². The molecule has 2 aromatic heterocycles. The molecule has 25 heavy (non-hydrogen) atoms. The highest BCUT2D eigenvalue weighted by atomic mass is 35.5. The number of amides is 1. The van der Waals surface area contributed by atoms with Crippen molar-refractivity contribution in [2.24, 2.45) is 0 Å². The summed E-state index contributed by atoms with van der Waals surface area (Å²) in [6.45, 7) is 0.391. The van der Waals surface area contributed by atoms with Gasteiger partial charge in [0, 0.05) is 11.6 Å². The molecule has 8 heteroatoms. The van der Waals surface area contributed by atoms with Crippen molar-refractivity contribution in [1.82, 2.24) is 9.78 Å². The lowest BCUT2D eigenvalue weighted by atomic mass is 10.2. The highest BCUT2D eigenvalue weighted by Gasteiger charge is 2.15. The van der Waals surface area contributed by atoms with Gasteiger partial charge in [-0.3, -0.25) is 4.79 Å². The van der Waals surface area contributed by atoms with E-state index in [4.69, 9.17) is 25.5 Å². The van der Waals surface area contributed by atoms with Crippen LogP contribution in [0, 0.1) is 0 Å². The van der Waals surface area contributed by atoms with Gasteiger partial charge < -0.3 is 19.2 Å². The van der Waals surface area contributed by atoms with E-state index in [1.165, 1.54) is 12.1 Å². The molecule has 0 saturated carbocycles. The van der Waals surface area contributed by atoms with Gasteiger partial charge in [0.1, 0.15) is 5.82 Å². The predicted octanol–water partition coefficient (Wildman–Crippen LogP) is 3.45. The Hall–Kier alpha value is -2.93. The number of anilines is 1. The zero-order valence-electron chi connectivity index (χ0n) is 13.7. The Kier molecular flexibility index (Phi) is 4.95. The van der Waals surface area contributed by atoms with Crippen molar-refractivity contribution in [2.75, 3.05) is 19.5 Å². The van der Waals surface area contributed by atoms with Gasteiger partial charge in [-0.1, -0.05) is 12.1 Å². The minimum absolute atomic E-state index is 0.122. The van der Waals surface area contributed by atoms with Crippen molar-refractivity contribution >= 4 is 23.3 Å². The van der Waals surface area contributed by atoms with E-state index < -0.39 is 5.91 Å². The zero-order valence-corrected chi connectivity index (χ0v) is 14.4. The fourth-order valence-electron chi connectivity index (χ4n) is 2.42. The Labute approximate surface area is 149 Å². The van der Waals surface area contributed by atoms with Crippen LogP contribution in [0.2, 0.25) is 5.22 Å². The Morgan fingerprint density at radius 3 is 2.76 bits per heavy atom. The number of halogens is 1. The molecular formula is C17H16ClN3O4. The highest BCUT2D eigenvalue weighted by Crippen LogP contribution is 2.31. The second kappa shape index (κ2) is 7.31. The molecule has 2 heterocycles. The Morgan fingerprint density at radius 1 is 1.24 bits per heavy atom. The summed E-state index contributed by atoms with van der Waals surface area (Å²) < 4.78 is 17.5. The van der Waals surface area contributed by atoms with Crippen LogP contribution in [0.5, 0.6) is 11.5 Å². The van der Waals surface area contributed by atoms with Crippen LogP contribution in [0.4, 0.5) is 5.82 Å². The molecule has 0 aliphatic rings. The molecule has 0 unspecified atom stereocenters. The second-order valence-electron chi connectivity index (χ2n) is 5.08. The average Bonchev–Trinajstić information content (AvgIpc) is 3.24. The van der Waals surface area contributed by atoms with Gasteiger partial charge in [-0.05, 0) is 29.8 Å². The SMILES string of the molecule is COc1cccc(Cn2nccc2NC(=O)c2ccc(Cl)o2)c1OC. The lowest BCUT2D eigenvalue weighted by Gasteiger charge is -2.14. The van der Waals surface area contributed by atoms with E-state index in [2.05, 4.69) is 10.4 Å². The summed E-state index contributed by atoms with van der Waals surface area (Å²) in [5.74, 6) is 1.48. The molecule has 0 fully saturated rings. The van der Waals surface area contributed by atoms with Crippen molar-refractivity contribution < 1.29 is 18.7 Å². The molecule has 1 amide bonds. The third kappa shape index (κ3) is 3.61. The van der Waals surface area contributed by atoms with Crippen LogP contribution in [0.15, 0.2) is 47.0 Å². The summed E-state index contributed by atoms with van der Waals surface area (Å²) in [4.78, 5) is 12.2. The quantitative estimate of drug-likeness (QED) is 0.727. The van der Waals surface area contributed by atoms with Gasteiger partial charge in [-0.15, -0.1) is 0 Å². The molecule has 1 N–H and O–H groups in total. The fourth-order valence-corrected chi connectivity index (χ4v) is 2.56. The molecule has 0 bridgehead atoms. The van der Waals surface area contributed by atoms with Crippen molar-refractivity contribution in [1.29, 1.82) is 0 Å². The summed E-state index contributed by atoms with van der Waals surface area (Å²) in [5, 5.41) is 7.14. The normalized spacial score (nSPS) is 10.5. The number of furan rings is 1. The molecule has 7 nitrogen and oxygen atoms in total. The second-order valence-corrected chi connectivity index (χ2v) is 5.46. The van der Waals surface area contributed by atoms with Gasteiger partial charge >= 0.3 is 0 Å². The summed E-state index contributed by atoms with van der Waals surface area (Å²) in [7, 11) is 3.16. The largest absolute Gasteiger partial charge is 0.493 e. The standard InChI is InChI=1S/C17H16ClN3O4/c1-23-12-5-3-4-11(16(12)24-2)10-21-15(8-9-19-21)20-17(22)13-6-7-14(18)25-13/h3-9H,10H2,1-2H3,(H,20,22). The third-order valence-corrected chi connectivity index (χ3v) is 3.76. The molecule has 0 spiro atoms. The Balaban J connectivity index is 1.82. The molecule has 3 aromatic rings. The minimum Gasteiger partial charge on any atom is -0.493 e. The van der Waals surface area contributed by atoms with Gasteiger partial charge in [0.2, 0.25) is 0 Å². The van der Waals surface area contributed by atoms with Gasteiger partial charge in [-0.2, -0.15) is 5.10 Å². The smallest absolute Gasteiger partial charge is 0.292 e. The number of carbonyl (C=O) groups excluding carboxylic acids is 1. The monoisotopic (exact) mass is 361 g/mol. The molecule has 0 aliphatic carbocycles. The fraction of sp³-hybridized carbons (Fsp3) is 0.176. The van der Waals surface area contributed by atoms with Gasteiger partial charge in [-0.25, -0.2) is 4.68 Å². The van der Waals surface area contributed by atoms with E-state index in [1.807, 2.05) is 18.2 Å². The number of nitrogens with zero attached hydrogens (tertiary/aromatic N) is 2. The Bertz CT molecular complexity index is 888. The lowest BCUT2D eigenvalue weighted by molar-refractivity contribution is 0.0995. The first kappa shape index (κ1) is 16.9. The van der Waals surface area contributed by atoms with Crippen molar-refractivity contribution in [3.8, 4) is 11.5 Å². The highest BCUT2D eigenvalue weighted by molar-refractivity contribution is 6.29. The number of methoxy groups -OCH3 is 2. The van der Waals surface area contributed by atoms with Crippen LogP contribution >= 0.6 is 11.6 Å². The van der Waals surface area contributed by atoms with Gasteiger partial charge in [0.25, 0.3) is 5.91 Å². The number of rotatable bonds is 6. The van der Waals surface area contributed by atoms with E-state index in [-0.39, 0.29) is 11.0 Å². The summed E-state index contributed by atoms with van der Waals surface area (Å²) in [5.41, 5.74) is 0.863. The number of benzene rings is 1. The van der Waals surface area contributed by atoms with E-state index >= 15 is 0 Å². The predicted molar refractivity (Wildman–Crippen MR) is 92.5 cm³/mol. The number of hydrogen-bond donors (Lipinski definition) is 1. The maximum absolute atomic E-state index is 12.2. The molecule has 0 aliphatic heterocycles. The lowest BCUT2D eigenvalue weighted by Crippen LogP contribution is -2.16. The van der Waals surface area contributed by atoms with Crippen LogP contribution in [0.3, 0.4) is 0 Å². The number of aromatic nitrogens is 2. The molecule has 0 atom stereocenters. The number of nitrogens with one attached hydrogen (secondary N) is 1. The van der Waals surface area contributed by atoms with E-state index in [0.29, 0.717) is 23.9 Å². The molecule has 0 radical (unpaired) electrons. The van der Waals surface area contributed by atoms with Gasteiger partial charge in [0.15, 0.2) is 22.5 Å². The first-order valence-electron chi connectivity index (χ1n) is 7.40. The maximum atomic E-state index is 12.2. The summed E-state index contributed by atoms with van der Waals surface area (Å²) in [6, 6.07) is 10.3. The van der Waals surface area contributed by atoms with E-state index in [1.54, 1.807) is 31.2 Å². The number of carbonyl (C=O) groups is 1. The molecule has 1 aromatic carbocycles. The van der Waals surface area contributed by atoms with Crippen molar-refractivity contribution in [2.45, 2.75) is 6.54 Å². The summed E-state index contributed by atoms with van der Waals surface area (Å²) in [6.07, 6.45) is 1.59. The maximum Gasteiger partial charge on any atom is 0.292 e. The van der Waals surface area contributed by atoms with Gasteiger partial charge in [0.05, 0.1) is 27.0 Å². The van der Waals surface area contributed by atoms with Crippen molar-refractivity contribution in [3.05, 3.63) is 59.1 Å².